The number of methoxy groups -OCH3 is 1. The van der Waals surface area contributed by atoms with E-state index in [0.29, 0.717) is 0 Å². The normalized spacial score (nSPS) is 9.00. The first-order chi connectivity index (χ1) is 2.56. The predicted octanol–water partition coefficient (Wildman–Crippen LogP) is -0.0221. The third kappa shape index (κ3) is 15.7. The molecule has 0 aliphatic rings. The second-order valence-corrected chi connectivity index (χ2v) is 1.65. The van der Waals surface area contributed by atoms with Gasteiger partial charge in [-0.3, -0.25) is 0 Å². The van der Waals surface area contributed by atoms with Crippen molar-refractivity contribution in [2.45, 2.75) is 19.6 Å². The SMILES string of the molecule is COC(C)(C)O.[Sr].[Ti]. The van der Waals surface area contributed by atoms with Crippen molar-refractivity contribution in [2.24, 2.45) is 0 Å². The van der Waals surface area contributed by atoms with Crippen molar-refractivity contribution < 1.29 is 31.6 Å². The molecule has 0 fully saturated rings. The molecule has 0 unspecified atom stereocenters. The fraction of sp³-hybridized carbons (Fsp3) is 1.00. The Morgan fingerprint density at radius 2 is 1.50 bits per heavy atom. The average Bonchev–Trinajstić information content (AvgIpc) is 1.35. The van der Waals surface area contributed by atoms with Crippen LogP contribution in [0.25, 0.3) is 0 Å². The van der Waals surface area contributed by atoms with Crippen LogP contribution in [0.2, 0.25) is 0 Å². The summed E-state index contributed by atoms with van der Waals surface area (Å²) >= 11 is 0. The van der Waals surface area contributed by atoms with Gasteiger partial charge in [0.2, 0.25) is 0 Å². The van der Waals surface area contributed by atoms with E-state index in [4.69, 9.17) is 5.11 Å². The van der Waals surface area contributed by atoms with Crippen molar-refractivity contribution in [3.8, 4) is 0 Å². The minimum absolute atomic E-state index is 0. The molecule has 0 aliphatic carbocycles. The molecule has 0 rings (SSSR count). The Bertz CT molecular complexity index is 43.8. The van der Waals surface area contributed by atoms with Gasteiger partial charge in [0, 0.05) is 74.3 Å². The second-order valence-electron chi connectivity index (χ2n) is 1.65. The molecule has 0 saturated heterocycles. The van der Waals surface area contributed by atoms with Crippen LogP contribution in [0, 0.1) is 0 Å². The molecule has 0 spiro atoms. The molecule has 44 valence electrons. The van der Waals surface area contributed by atoms with Gasteiger partial charge in [-0.05, 0) is 13.8 Å². The van der Waals surface area contributed by atoms with Crippen molar-refractivity contribution in [1.82, 2.24) is 0 Å². The Labute approximate surface area is 102 Å². The molecule has 0 saturated carbocycles. The van der Waals surface area contributed by atoms with Gasteiger partial charge >= 0.3 is 0 Å². The van der Waals surface area contributed by atoms with E-state index < -0.39 is 5.79 Å². The van der Waals surface area contributed by atoms with Crippen LogP contribution in [-0.4, -0.2) is 63.5 Å². The number of ether oxygens (including phenoxy) is 1. The molecule has 0 bridgehead atoms. The summed E-state index contributed by atoms with van der Waals surface area (Å²) in [6, 6.07) is 0. The van der Waals surface area contributed by atoms with Crippen LogP contribution < -0.4 is 0 Å². The Hall–Kier alpha value is 2.11. The van der Waals surface area contributed by atoms with Crippen LogP contribution in [0.5, 0.6) is 0 Å². The van der Waals surface area contributed by atoms with Gasteiger partial charge in [-0.25, -0.2) is 0 Å². The van der Waals surface area contributed by atoms with Gasteiger partial charge in [-0.1, -0.05) is 0 Å². The van der Waals surface area contributed by atoms with Crippen LogP contribution in [0.1, 0.15) is 13.8 Å². The Kier molecular flexibility index (Phi) is 15.0. The van der Waals surface area contributed by atoms with Gasteiger partial charge in [-0.15, -0.1) is 0 Å². The first-order valence-corrected chi connectivity index (χ1v) is 1.84. The van der Waals surface area contributed by atoms with E-state index in [1.54, 1.807) is 13.8 Å². The van der Waals surface area contributed by atoms with Crippen LogP contribution in [-0.2, 0) is 26.5 Å². The van der Waals surface area contributed by atoms with E-state index in [9.17, 15) is 0 Å². The fourth-order valence-corrected chi connectivity index (χ4v) is 0. The van der Waals surface area contributed by atoms with Gasteiger partial charge in [0.1, 0.15) is 0 Å². The summed E-state index contributed by atoms with van der Waals surface area (Å²) in [5.74, 6) is -0.958. The summed E-state index contributed by atoms with van der Waals surface area (Å²) in [4.78, 5) is 0. The average molecular weight is 226 g/mol. The molecule has 8 heavy (non-hydrogen) atoms. The van der Waals surface area contributed by atoms with Gasteiger partial charge in [0.25, 0.3) is 0 Å². The Morgan fingerprint density at radius 1 is 1.38 bits per heavy atom. The monoisotopic (exact) mass is 226 g/mol. The molecule has 0 atom stereocenters. The minimum Gasteiger partial charge on any atom is -0.366 e. The smallest absolute Gasteiger partial charge is 0.159 e. The largest absolute Gasteiger partial charge is 0.366 e. The van der Waals surface area contributed by atoms with Gasteiger partial charge in [0.15, 0.2) is 5.79 Å². The number of aliphatic hydroxyl groups is 1. The van der Waals surface area contributed by atoms with Crippen molar-refractivity contribution in [2.75, 3.05) is 7.11 Å². The molecule has 4 heteroatoms. The fourth-order valence-electron chi connectivity index (χ4n) is 0. The van der Waals surface area contributed by atoms with Crippen LogP contribution >= 0.6 is 0 Å². The molecular formula is C4H10O2SrTi. The molecule has 0 aliphatic heterocycles. The Morgan fingerprint density at radius 3 is 1.50 bits per heavy atom. The van der Waals surface area contributed by atoms with Crippen LogP contribution in [0.3, 0.4) is 0 Å². The molecule has 0 aromatic heterocycles. The summed E-state index contributed by atoms with van der Waals surface area (Å²) in [6.45, 7) is 3.15. The topological polar surface area (TPSA) is 29.5 Å². The second kappa shape index (κ2) is 7.22. The van der Waals surface area contributed by atoms with E-state index in [2.05, 4.69) is 4.74 Å². The summed E-state index contributed by atoms with van der Waals surface area (Å²) in [6.07, 6.45) is 0. The third-order valence-electron chi connectivity index (χ3n) is 0.500. The quantitative estimate of drug-likeness (QED) is 0.502. The van der Waals surface area contributed by atoms with Crippen molar-refractivity contribution in [3.63, 3.8) is 0 Å². The van der Waals surface area contributed by atoms with Gasteiger partial charge in [0.05, 0.1) is 0 Å². The number of hydrogen-bond donors (Lipinski definition) is 1. The summed E-state index contributed by atoms with van der Waals surface area (Å²) < 4.78 is 4.49. The summed E-state index contributed by atoms with van der Waals surface area (Å²) in [7, 11) is 1.46. The zero-order valence-corrected chi connectivity index (χ0v) is 10.6. The van der Waals surface area contributed by atoms with Gasteiger partial charge < -0.3 is 9.84 Å². The first-order valence-electron chi connectivity index (χ1n) is 1.84. The molecule has 0 aromatic rings. The van der Waals surface area contributed by atoms with E-state index in [0.717, 1.165) is 0 Å². The maximum atomic E-state index is 8.60. The summed E-state index contributed by atoms with van der Waals surface area (Å²) in [5, 5.41) is 8.60. The van der Waals surface area contributed by atoms with E-state index >= 15 is 0 Å². The van der Waals surface area contributed by atoms with Crippen molar-refractivity contribution in [3.05, 3.63) is 0 Å². The van der Waals surface area contributed by atoms with Crippen molar-refractivity contribution >= 4 is 45.5 Å². The van der Waals surface area contributed by atoms with E-state index in [1.807, 2.05) is 0 Å². The summed E-state index contributed by atoms with van der Waals surface area (Å²) in [5.41, 5.74) is 0. The zero-order valence-electron chi connectivity index (χ0n) is 5.56. The standard InChI is InChI=1S/C4H10O2.Sr.Ti/c1-4(2,5)6-3;;/h5H,1-3H3;;. The number of rotatable bonds is 1. The van der Waals surface area contributed by atoms with Crippen LogP contribution in [0.4, 0.5) is 0 Å². The zero-order chi connectivity index (χ0) is 5.21. The number of hydrogen-bond acceptors (Lipinski definition) is 2. The minimum atomic E-state index is -0.958. The van der Waals surface area contributed by atoms with Gasteiger partial charge in [-0.2, -0.15) is 0 Å². The van der Waals surface area contributed by atoms with Crippen molar-refractivity contribution in [1.29, 1.82) is 0 Å². The maximum absolute atomic E-state index is 8.60. The van der Waals surface area contributed by atoms with E-state index in [-0.39, 0.29) is 67.2 Å². The molecule has 1 N–H and O–H groups in total. The molecule has 2 nitrogen and oxygen atoms in total. The first kappa shape index (κ1) is 16.6. The molecular weight excluding hydrogens is 216 g/mol. The molecule has 0 heterocycles. The van der Waals surface area contributed by atoms with E-state index in [1.165, 1.54) is 7.11 Å². The Balaban J connectivity index is -0.000000125. The predicted molar refractivity (Wildman–Crippen MR) is 29.1 cm³/mol. The molecule has 0 amide bonds. The maximum Gasteiger partial charge on any atom is 0.159 e. The third-order valence-corrected chi connectivity index (χ3v) is 0.500. The van der Waals surface area contributed by atoms with Crippen LogP contribution in [0.15, 0.2) is 0 Å². The molecule has 0 aromatic carbocycles. The molecule has 2 radical (unpaired) electrons.